The highest BCUT2D eigenvalue weighted by Gasteiger charge is 2.43. The number of aromatic nitrogens is 2. The van der Waals surface area contributed by atoms with Crippen LogP contribution in [0.15, 0.2) is 53.7 Å². The molecule has 0 fully saturated rings. The Balaban J connectivity index is 1.58. The molecule has 0 bridgehead atoms. The molecular formula is C27H27N3O3. The second-order valence-electron chi connectivity index (χ2n) is 10.1. The van der Waals surface area contributed by atoms with Crippen molar-refractivity contribution >= 4 is 11.6 Å². The van der Waals surface area contributed by atoms with Crippen LogP contribution in [-0.4, -0.2) is 22.4 Å². The van der Waals surface area contributed by atoms with Crippen molar-refractivity contribution in [2.75, 3.05) is 12.1 Å². The Morgan fingerprint density at radius 2 is 1.79 bits per heavy atom. The first-order valence-electron chi connectivity index (χ1n) is 11.4. The molecule has 2 aliphatic heterocycles. The fourth-order valence-electron chi connectivity index (χ4n) is 5.37. The lowest BCUT2D eigenvalue weighted by atomic mass is 9.69. The first kappa shape index (κ1) is 20.1. The molecule has 6 rings (SSSR count). The number of Topliss-reactive ketones (excluding diaryl/α,β-unsaturated/α-hetero) is 1. The van der Waals surface area contributed by atoms with E-state index in [4.69, 9.17) is 14.6 Å². The minimum absolute atomic E-state index is 0.0936. The molecule has 168 valence electrons. The first-order valence-corrected chi connectivity index (χ1v) is 11.4. The maximum Gasteiger partial charge on any atom is 0.231 e. The van der Waals surface area contributed by atoms with Crippen molar-refractivity contribution in [1.29, 1.82) is 0 Å². The molecule has 3 aromatic rings. The number of anilines is 1. The zero-order chi connectivity index (χ0) is 22.9. The molecule has 0 saturated heterocycles. The second-order valence-corrected chi connectivity index (χ2v) is 10.1. The molecule has 0 saturated carbocycles. The molecule has 0 amide bonds. The standard InChI is InChI=1S/C27H27N3O3/c1-15-5-8-18(9-6-15)30-26-23(16(2)29-30)24(17-7-10-21-22(11-17)33-14-32-21)25-19(28-26)12-27(3,4)13-20(25)31/h5-11,24,28H,12-14H2,1-4H3/t24-/m0/s1. The van der Waals surface area contributed by atoms with Gasteiger partial charge in [-0.05, 0) is 55.5 Å². The van der Waals surface area contributed by atoms with E-state index in [1.54, 1.807) is 0 Å². The largest absolute Gasteiger partial charge is 0.454 e. The maximum atomic E-state index is 13.5. The van der Waals surface area contributed by atoms with Gasteiger partial charge in [0.25, 0.3) is 0 Å². The van der Waals surface area contributed by atoms with E-state index in [1.807, 2.05) is 29.8 Å². The van der Waals surface area contributed by atoms with Crippen LogP contribution in [-0.2, 0) is 4.79 Å². The molecule has 2 aromatic carbocycles. The van der Waals surface area contributed by atoms with Gasteiger partial charge in [0.2, 0.25) is 6.79 Å². The number of nitrogens with one attached hydrogen (secondary N) is 1. The number of fused-ring (bicyclic) bond motifs is 2. The lowest BCUT2D eigenvalue weighted by Crippen LogP contribution is -2.34. The number of benzene rings is 2. The molecule has 1 aromatic heterocycles. The second kappa shape index (κ2) is 6.98. The van der Waals surface area contributed by atoms with Crippen molar-refractivity contribution in [2.24, 2.45) is 5.41 Å². The minimum atomic E-state index is -0.200. The SMILES string of the molecule is Cc1ccc(-n2nc(C)c3c2NC2=C(C(=O)CC(C)(C)C2)[C@H]3c2ccc3c(c2)OCO3)cc1. The number of hydrogen-bond donors (Lipinski definition) is 1. The first-order chi connectivity index (χ1) is 15.8. The van der Waals surface area contributed by atoms with E-state index in [2.05, 4.69) is 50.4 Å². The maximum absolute atomic E-state index is 13.5. The highest BCUT2D eigenvalue weighted by atomic mass is 16.7. The third-order valence-electron chi connectivity index (χ3n) is 6.88. The highest BCUT2D eigenvalue weighted by Crippen LogP contribution is 2.51. The molecule has 6 heteroatoms. The number of aryl methyl sites for hydroxylation is 2. The Bertz CT molecular complexity index is 1330. The Morgan fingerprint density at radius 1 is 1.03 bits per heavy atom. The van der Waals surface area contributed by atoms with E-state index in [9.17, 15) is 4.79 Å². The molecule has 1 N–H and O–H groups in total. The fraction of sp³-hybridized carbons (Fsp3) is 0.333. The number of rotatable bonds is 2. The van der Waals surface area contributed by atoms with Gasteiger partial charge < -0.3 is 14.8 Å². The summed E-state index contributed by atoms with van der Waals surface area (Å²) >= 11 is 0. The highest BCUT2D eigenvalue weighted by molar-refractivity contribution is 6.01. The average molecular weight is 442 g/mol. The van der Waals surface area contributed by atoms with Crippen molar-refractivity contribution in [3.63, 3.8) is 0 Å². The van der Waals surface area contributed by atoms with Crippen LogP contribution in [0.3, 0.4) is 0 Å². The molecule has 3 heterocycles. The molecule has 33 heavy (non-hydrogen) atoms. The molecular weight excluding hydrogens is 414 g/mol. The number of ether oxygens (including phenoxy) is 2. The topological polar surface area (TPSA) is 65.4 Å². The lowest BCUT2D eigenvalue weighted by molar-refractivity contribution is -0.118. The van der Waals surface area contributed by atoms with Crippen LogP contribution in [0.4, 0.5) is 5.82 Å². The number of carbonyl (C=O) groups is 1. The molecule has 3 aliphatic rings. The average Bonchev–Trinajstić information content (AvgIpc) is 3.36. The predicted octanol–water partition coefficient (Wildman–Crippen LogP) is 5.42. The Kier molecular flexibility index (Phi) is 4.25. The van der Waals surface area contributed by atoms with Crippen LogP contribution in [0.5, 0.6) is 11.5 Å². The summed E-state index contributed by atoms with van der Waals surface area (Å²) in [4.78, 5) is 13.5. The van der Waals surface area contributed by atoms with Gasteiger partial charge in [-0.1, -0.05) is 37.6 Å². The zero-order valence-corrected chi connectivity index (χ0v) is 19.4. The number of hydrogen-bond acceptors (Lipinski definition) is 5. The van der Waals surface area contributed by atoms with Crippen LogP contribution in [0.2, 0.25) is 0 Å². The number of ketones is 1. The van der Waals surface area contributed by atoms with Crippen LogP contribution in [0.1, 0.15) is 55.0 Å². The molecule has 0 radical (unpaired) electrons. The van der Waals surface area contributed by atoms with Gasteiger partial charge >= 0.3 is 0 Å². The third kappa shape index (κ3) is 3.16. The smallest absolute Gasteiger partial charge is 0.231 e. The van der Waals surface area contributed by atoms with E-state index >= 15 is 0 Å². The fourth-order valence-corrected chi connectivity index (χ4v) is 5.37. The van der Waals surface area contributed by atoms with E-state index < -0.39 is 0 Å². The van der Waals surface area contributed by atoms with Crippen LogP contribution < -0.4 is 14.8 Å². The minimum Gasteiger partial charge on any atom is -0.454 e. The Hall–Kier alpha value is -3.54. The van der Waals surface area contributed by atoms with Crippen molar-refractivity contribution < 1.29 is 14.3 Å². The van der Waals surface area contributed by atoms with Gasteiger partial charge in [-0.2, -0.15) is 5.10 Å². The summed E-state index contributed by atoms with van der Waals surface area (Å²) in [6, 6.07) is 14.4. The van der Waals surface area contributed by atoms with Gasteiger partial charge in [0, 0.05) is 29.2 Å². The van der Waals surface area contributed by atoms with Crippen molar-refractivity contribution in [2.45, 2.75) is 46.5 Å². The summed E-state index contributed by atoms with van der Waals surface area (Å²) in [5.41, 5.74) is 6.93. The summed E-state index contributed by atoms with van der Waals surface area (Å²) in [5.74, 6) is 2.40. The van der Waals surface area contributed by atoms with Crippen LogP contribution in [0, 0.1) is 19.3 Å². The van der Waals surface area contributed by atoms with Gasteiger partial charge in [0.15, 0.2) is 17.3 Å². The molecule has 0 unspecified atom stereocenters. The predicted molar refractivity (Wildman–Crippen MR) is 126 cm³/mol. The van der Waals surface area contributed by atoms with Gasteiger partial charge in [-0.3, -0.25) is 4.79 Å². The normalized spacial score (nSPS) is 20.4. The van der Waals surface area contributed by atoms with Crippen molar-refractivity contribution in [3.05, 3.63) is 76.1 Å². The lowest BCUT2D eigenvalue weighted by Gasteiger charge is -2.38. The summed E-state index contributed by atoms with van der Waals surface area (Å²) < 4.78 is 13.2. The summed E-state index contributed by atoms with van der Waals surface area (Å²) in [6.45, 7) is 8.64. The number of allylic oxidation sites excluding steroid dienone is 2. The molecule has 0 spiro atoms. The summed E-state index contributed by atoms with van der Waals surface area (Å²) in [6.07, 6.45) is 1.35. The molecule has 1 aliphatic carbocycles. The van der Waals surface area contributed by atoms with Gasteiger partial charge in [-0.25, -0.2) is 4.68 Å². The monoisotopic (exact) mass is 441 g/mol. The molecule has 6 nitrogen and oxygen atoms in total. The zero-order valence-electron chi connectivity index (χ0n) is 19.4. The third-order valence-corrected chi connectivity index (χ3v) is 6.88. The number of carbonyl (C=O) groups excluding carboxylic acids is 1. The van der Waals surface area contributed by atoms with Gasteiger partial charge in [-0.15, -0.1) is 0 Å². The van der Waals surface area contributed by atoms with Crippen LogP contribution in [0.25, 0.3) is 5.69 Å². The van der Waals surface area contributed by atoms with Gasteiger partial charge in [0.05, 0.1) is 11.4 Å². The van der Waals surface area contributed by atoms with Crippen molar-refractivity contribution in [1.82, 2.24) is 9.78 Å². The van der Waals surface area contributed by atoms with Gasteiger partial charge in [0.1, 0.15) is 5.82 Å². The van der Waals surface area contributed by atoms with E-state index in [0.29, 0.717) is 6.42 Å². The van der Waals surface area contributed by atoms with Crippen molar-refractivity contribution in [3.8, 4) is 17.2 Å². The van der Waals surface area contributed by atoms with E-state index in [1.165, 1.54) is 5.56 Å². The summed E-state index contributed by atoms with van der Waals surface area (Å²) in [7, 11) is 0. The summed E-state index contributed by atoms with van der Waals surface area (Å²) in [5, 5.41) is 8.56. The Labute approximate surface area is 193 Å². The molecule has 1 atom stereocenters. The Morgan fingerprint density at radius 3 is 2.58 bits per heavy atom. The van der Waals surface area contributed by atoms with E-state index in [0.717, 1.165) is 57.5 Å². The number of nitrogens with zero attached hydrogens (tertiary/aromatic N) is 2. The van der Waals surface area contributed by atoms with E-state index in [-0.39, 0.29) is 23.9 Å². The van der Waals surface area contributed by atoms with Crippen LogP contribution >= 0.6 is 0 Å². The quantitative estimate of drug-likeness (QED) is 0.575.